The molecular weight excluding hydrogens is 134 g/mol. The van der Waals surface area contributed by atoms with E-state index in [1.165, 1.54) is 5.57 Å². The SMILES string of the molecule is C1=CC2=C/C=C\C=C/C=C\2[N]1. The maximum absolute atomic E-state index is 4.19. The van der Waals surface area contributed by atoms with Gasteiger partial charge in [-0.1, -0.05) is 30.4 Å². The van der Waals surface area contributed by atoms with Gasteiger partial charge in [-0.15, -0.1) is 0 Å². The van der Waals surface area contributed by atoms with Gasteiger partial charge in [0, 0.05) is 11.8 Å². The minimum Gasteiger partial charge on any atom is -0.256 e. The molecule has 0 unspecified atom stereocenters. The Morgan fingerprint density at radius 1 is 0.909 bits per heavy atom. The van der Waals surface area contributed by atoms with Crippen molar-refractivity contribution < 1.29 is 0 Å². The molecule has 0 N–H and O–H groups in total. The first-order valence-electron chi connectivity index (χ1n) is 3.60. The molecule has 2 rings (SSSR count). The standard InChI is InChI=1S/C10H8N/c1-2-4-6-10-9(5-3-1)7-8-11-10/h1-8H/b2-1?,3-1-,4-2-,5-3?,6-4?,9-5-,10-6+. The second-order valence-electron chi connectivity index (χ2n) is 2.39. The molecule has 1 nitrogen and oxygen atoms in total. The number of hydrogen-bond acceptors (Lipinski definition) is 0. The molecular formula is C10H8N. The average molecular weight is 142 g/mol. The summed E-state index contributed by atoms with van der Waals surface area (Å²) in [6.07, 6.45) is 15.9. The van der Waals surface area contributed by atoms with Crippen LogP contribution in [0.15, 0.2) is 60.0 Å². The maximum atomic E-state index is 4.19. The molecule has 0 atom stereocenters. The van der Waals surface area contributed by atoms with Gasteiger partial charge in [0.2, 0.25) is 0 Å². The highest BCUT2D eigenvalue weighted by Crippen LogP contribution is 2.17. The minimum atomic E-state index is 1.05. The molecule has 0 saturated heterocycles. The molecule has 1 aliphatic carbocycles. The molecule has 53 valence electrons. The first kappa shape index (κ1) is 6.23. The summed E-state index contributed by atoms with van der Waals surface area (Å²) in [5, 5.41) is 4.19. The lowest BCUT2D eigenvalue weighted by molar-refractivity contribution is 1.12. The highest BCUT2D eigenvalue weighted by Gasteiger charge is 2.06. The van der Waals surface area contributed by atoms with E-state index in [2.05, 4.69) is 11.4 Å². The van der Waals surface area contributed by atoms with Gasteiger partial charge >= 0.3 is 0 Å². The van der Waals surface area contributed by atoms with Crippen LogP contribution in [0.3, 0.4) is 0 Å². The molecule has 2 aliphatic rings. The van der Waals surface area contributed by atoms with Crippen LogP contribution in [0.2, 0.25) is 0 Å². The van der Waals surface area contributed by atoms with E-state index in [4.69, 9.17) is 0 Å². The lowest BCUT2D eigenvalue weighted by Crippen LogP contribution is -1.90. The van der Waals surface area contributed by atoms with E-state index < -0.39 is 0 Å². The summed E-state index contributed by atoms with van der Waals surface area (Å²) in [4.78, 5) is 0. The Labute approximate surface area is 66.1 Å². The molecule has 0 fully saturated rings. The largest absolute Gasteiger partial charge is 0.256 e. The molecule has 0 spiro atoms. The Morgan fingerprint density at radius 2 is 1.73 bits per heavy atom. The van der Waals surface area contributed by atoms with Gasteiger partial charge < -0.3 is 0 Å². The van der Waals surface area contributed by atoms with Crippen molar-refractivity contribution in [3.05, 3.63) is 60.0 Å². The van der Waals surface area contributed by atoms with Crippen molar-refractivity contribution in [2.75, 3.05) is 0 Å². The zero-order valence-electron chi connectivity index (χ0n) is 6.07. The normalized spacial score (nSPS) is 34.9. The van der Waals surface area contributed by atoms with Gasteiger partial charge in [0.1, 0.15) is 0 Å². The zero-order chi connectivity index (χ0) is 7.52. The van der Waals surface area contributed by atoms with Crippen molar-refractivity contribution in [2.45, 2.75) is 0 Å². The zero-order valence-corrected chi connectivity index (χ0v) is 6.07. The number of rotatable bonds is 0. The molecule has 0 amide bonds. The fourth-order valence-electron chi connectivity index (χ4n) is 1.07. The van der Waals surface area contributed by atoms with E-state index in [0.29, 0.717) is 0 Å². The molecule has 1 radical (unpaired) electrons. The van der Waals surface area contributed by atoms with Crippen LogP contribution in [0.5, 0.6) is 0 Å². The van der Waals surface area contributed by atoms with Gasteiger partial charge in [-0.05, 0) is 12.2 Å². The minimum absolute atomic E-state index is 1.05. The Kier molecular flexibility index (Phi) is 1.48. The van der Waals surface area contributed by atoms with E-state index in [1.807, 2.05) is 42.7 Å². The molecule has 1 heteroatoms. The summed E-state index contributed by atoms with van der Waals surface area (Å²) in [5.74, 6) is 0. The van der Waals surface area contributed by atoms with Crippen LogP contribution in [0.4, 0.5) is 0 Å². The number of nitrogens with zero attached hydrogens (tertiary/aromatic N) is 1. The second-order valence-corrected chi connectivity index (χ2v) is 2.39. The fraction of sp³-hybridized carbons (Fsp3) is 0. The predicted octanol–water partition coefficient (Wildman–Crippen LogP) is 2.05. The van der Waals surface area contributed by atoms with Crippen molar-refractivity contribution >= 4 is 0 Å². The quantitative estimate of drug-likeness (QED) is 0.491. The summed E-state index contributed by atoms with van der Waals surface area (Å²) in [6, 6.07) is 0. The van der Waals surface area contributed by atoms with Crippen molar-refractivity contribution in [3.63, 3.8) is 0 Å². The van der Waals surface area contributed by atoms with Gasteiger partial charge in [-0.25, -0.2) is 0 Å². The van der Waals surface area contributed by atoms with Crippen LogP contribution in [0.1, 0.15) is 0 Å². The molecule has 11 heavy (non-hydrogen) atoms. The summed E-state index contributed by atoms with van der Waals surface area (Å²) in [6.45, 7) is 0. The van der Waals surface area contributed by atoms with Crippen LogP contribution in [-0.2, 0) is 0 Å². The molecule has 1 heterocycles. The van der Waals surface area contributed by atoms with Gasteiger partial charge in [0.15, 0.2) is 0 Å². The number of hydrogen-bond donors (Lipinski definition) is 0. The summed E-state index contributed by atoms with van der Waals surface area (Å²) < 4.78 is 0. The highest BCUT2D eigenvalue weighted by atomic mass is 14.9. The summed E-state index contributed by atoms with van der Waals surface area (Å²) in [5.41, 5.74) is 2.23. The maximum Gasteiger partial charge on any atom is 0.0702 e. The van der Waals surface area contributed by atoms with Crippen LogP contribution in [0.25, 0.3) is 0 Å². The second kappa shape index (κ2) is 2.62. The Morgan fingerprint density at radius 3 is 2.64 bits per heavy atom. The first-order valence-corrected chi connectivity index (χ1v) is 3.60. The van der Waals surface area contributed by atoms with E-state index in [0.717, 1.165) is 5.70 Å². The van der Waals surface area contributed by atoms with E-state index >= 15 is 0 Å². The van der Waals surface area contributed by atoms with Crippen LogP contribution in [0, 0.1) is 0 Å². The smallest absolute Gasteiger partial charge is 0.0702 e. The molecule has 0 bridgehead atoms. The predicted molar refractivity (Wildman–Crippen MR) is 45.7 cm³/mol. The van der Waals surface area contributed by atoms with Gasteiger partial charge in [0.05, 0.1) is 5.70 Å². The molecule has 0 saturated carbocycles. The van der Waals surface area contributed by atoms with E-state index in [-0.39, 0.29) is 0 Å². The van der Waals surface area contributed by atoms with E-state index in [1.54, 1.807) is 0 Å². The average Bonchev–Trinajstić information content (AvgIpc) is 2.35. The third-order valence-corrected chi connectivity index (χ3v) is 1.63. The molecule has 0 aromatic carbocycles. The van der Waals surface area contributed by atoms with E-state index in [9.17, 15) is 0 Å². The van der Waals surface area contributed by atoms with Crippen LogP contribution < -0.4 is 5.32 Å². The molecule has 0 aromatic heterocycles. The highest BCUT2D eigenvalue weighted by molar-refractivity contribution is 5.48. The van der Waals surface area contributed by atoms with Gasteiger partial charge in [0.25, 0.3) is 0 Å². The lowest BCUT2D eigenvalue weighted by atomic mass is 10.1. The number of allylic oxidation sites excluding steroid dienone is 7. The molecule has 1 aliphatic heterocycles. The number of fused-ring (bicyclic) bond motifs is 1. The van der Waals surface area contributed by atoms with Crippen LogP contribution in [-0.4, -0.2) is 0 Å². The lowest BCUT2D eigenvalue weighted by Gasteiger charge is -1.96. The van der Waals surface area contributed by atoms with Crippen molar-refractivity contribution in [2.24, 2.45) is 0 Å². The monoisotopic (exact) mass is 142 g/mol. The Hall–Kier alpha value is -1.50. The van der Waals surface area contributed by atoms with Crippen LogP contribution >= 0.6 is 0 Å². The fourth-order valence-corrected chi connectivity index (χ4v) is 1.07. The van der Waals surface area contributed by atoms with Crippen molar-refractivity contribution in [3.8, 4) is 0 Å². The summed E-state index contributed by atoms with van der Waals surface area (Å²) >= 11 is 0. The Balaban J connectivity index is 2.41. The third-order valence-electron chi connectivity index (χ3n) is 1.63. The summed E-state index contributed by atoms with van der Waals surface area (Å²) in [7, 11) is 0. The van der Waals surface area contributed by atoms with Crippen molar-refractivity contribution in [1.82, 2.24) is 5.32 Å². The van der Waals surface area contributed by atoms with Gasteiger partial charge in [-0.2, -0.15) is 0 Å². The topological polar surface area (TPSA) is 14.1 Å². The third kappa shape index (κ3) is 1.17. The molecule has 0 aromatic rings. The Bertz CT molecular complexity index is 301. The van der Waals surface area contributed by atoms with Gasteiger partial charge in [-0.3, -0.25) is 5.32 Å². The van der Waals surface area contributed by atoms with Crippen molar-refractivity contribution in [1.29, 1.82) is 0 Å². The first-order chi connectivity index (χ1) is 5.47.